The highest BCUT2D eigenvalue weighted by molar-refractivity contribution is 5.44. The van der Waals surface area contributed by atoms with E-state index in [1.807, 2.05) is 12.1 Å². The Bertz CT molecular complexity index is 410. The van der Waals surface area contributed by atoms with Crippen LogP contribution in [0.1, 0.15) is 24.8 Å². The number of benzene rings is 1. The molecule has 2 N–H and O–H groups in total. The first kappa shape index (κ1) is 9.16. The molecular weight excluding hydrogens is 193 g/mol. The van der Waals surface area contributed by atoms with E-state index in [0.29, 0.717) is 5.75 Å². The predicted octanol–water partition coefficient (Wildman–Crippen LogP) is 1.97. The first-order chi connectivity index (χ1) is 7.07. The standard InChI is InChI=1S/C12H14FNO/c1-15-8-2-3-9(10(13)4-8)11-5-12(14,6-11)7-11/h2-4H,5-7,14H2,1H3. The second-order valence-electron chi connectivity index (χ2n) is 5.02. The second-order valence-corrected chi connectivity index (χ2v) is 5.02. The highest BCUT2D eigenvalue weighted by Crippen LogP contribution is 2.66. The molecule has 80 valence electrons. The topological polar surface area (TPSA) is 35.2 Å². The summed E-state index contributed by atoms with van der Waals surface area (Å²) in [6.07, 6.45) is 2.80. The van der Waals surface area contributed by atoms with Crippen molar-refractivity contribution in [3.8, 4) is 5.75 Å². The fraction of sp³-hybridized carbons (Fsp3) is 0.500. The van der Waals surface area contributed by atoms with Crippen LogP contribution in [-0.4, -0.2) is 12.6 Å². The van der Waals surface area contributed by atoms with Crippen molar-refractivity contribution in [2.45, 2.75) is 30.2 Å². The van der Waals surface area contributed by atoms with Crippen LogP contribution in [0.4, 0.5) is 4.39 Å². The third-order valence-corrected chi connectivity index (χ3v) is 3.82. The maximum Gasteiger partial charge on any atom is 0.130 e. The highest BCUT2D eigenvalue weighted by Gasteiger charge is 2.67. The van der Waals surface area contributed by atoms with Gasteiger partial charge in [-0.2, -0.15) is 0 Å². The summed E-state index contributed by atoms with van der Waals surface area (Å²) < 4.78 is 18.8. The number of ether oxygens (including phenoxy) is 1. The molecule has 0 aromatic heterocycles. The number of methoxy groups -OCH3 is 1. The fourth-order valence-electron chi connectivity index (χ4n) is 3.21. The number of halogens is 1. The van der Waals surface area contributed by atoms with Crippen LogP contribution in [0.3, 0.4) is 0 Å². The van der Waals surface area contributed by atoms with E-state index in [-0.39, 0.29) is 16.8 Å². The smallest absolute Gasteiger partial charge is 0.130 e. The summed E-state index contributed by atoms with van der Waals surface area (Å²) >= 11 is 0. The van der Waals surface area contributed by atoms with Crippen LogP contribution in [0.2, 0.25) is 0 Å². The Hall–Kier alpha value is -1.09. The van der Waals surface area contributed by atoms with E-state index < -0.39 is 0 Å². The van der Waals surface area contributed by atoms with E-state index in [2.05, 4.69) is 0 Å². The molecule has 3 heteroatoms. The third-order valence-electron chi connectivity index (χ3n) is 3.82. The molecule has 0 saturated heterocycles. The van der Waals surface area contributed by atoms with Crippen LogP contribution in [-0.2, 0) is 5.41 Å². The number of nitrogens with two attached hydrogens (primary N) is 1. The highest BCUT2D eigenvalue weighted by atomic mass is 19.1. The average molecular weight is 207 g/mol. The zero-order valence-electron chi connectivity index (χ0n) is 8.72. The molecule has 15 heavy (non-hydrogen) atoms. The molecule has 2 nitrogen and oxygen atoms in total. The first-order valence-corrected chi connectivity index (χ1v) is 5.20. The van der Waals surface area contributed by atoms with Crippen LogP contribution in [0.25, 0.3) is 0 Å². The van der Waals surface area contributed by atoms with Crippen molar-refractivity contribution < 1.29 is 9.13 Å². The number of hydrogen-bond donors (Lipinski definition) is 1. The molecule has 0 unspecified atom stereocenters. The van der Waals surface area contributed by atoms with E-state index in [1.165, 1.54) is 6.07 Å². The molecule has 2 bridgehead atoms. The van der Waals surface area contributed by atoms with Gasteiger partial charge in [-0.05, 0) is 30.9 Å². The molecule has 0 radical (unpaired) electrons. The van der Waals surface area contributed by atoms with Gasteiger partial charge in [0.25, 0.3) is 0 Å². The molecule has 1 aromatic carbocycles. The van der Waals surface area contributed by atoms with Crippen molar-refractivity contribution in [3.05, 3.63) is 29.6 Å². The molecule has 0 heterocycles. The molecule has 0 spiro atoms. The Morgan fingerprint density at radius 2 is 2.00 bits per heavy atom. The summed E-state index contributed by atoms with van der Waals surface area (Å²) in [5.41, 5.74) is 6.85. The van der Waals surface area contributed by atoms with Gasteiger partial charge < -0.3 is 10.5 Å². The summed E-state index contributed by atoms with van der Waals surface area (Å²) in [6.45, 7) is 0. The Kier molecular flexibility index (Phi) is 1.54. The number of rotatable bonds is 2. The number of hydrogen-bond acceptors (Lipinski definition) is 2. The fourth-order valence-corrected chi connectivity index (χ4v) is 3.21. The van der Waals surface area contributed by atoms with Crippen molar-refractivity contribution in [3.63, 3.8) is 0 Å². The van der Waals surface area contributed by atoms with Gasteiger partial charge in [0.1, 0.15) is 11.6 Å². The first-order valence-electron chi connectivity index (χ1n) is 5.20. The lowest BCUT2D eigenvalue weighted by Gasteiger charge is -2.69. The van der Waals surface area contributed by atoms with Crippen LogP contribution < -0.4 is 10.5 Å². The van der Waals surface area contributed by atoms with Gasteiger partial charge in [-0.1, -0.05) is 6.07 Å². The molecule has 1 aromatic rings. The largest absolute Gasteiger partial charge is 0.497 e. The zero-order valence-corrected chi connectivity index (χ0v) is 8.72. The maximum atomic E-state index is 13.8. The van der Waals surface area contributed by atoms with Gasteiger partial charge in [-0.15, -0.1) is 0 Å². The van der Waals surface area contributed by atoms with Crippen molar-refractivity contribution >= 4 is 0 Å². The summed E-state index contributed by atoms with van der Waals surface area (Å²) in [7, 11) is 1.55. The van der Waals surface area contributed by atoms with Gasteiger partial charge in [-0.3, -0.25) is 0 Å². The monoisotopic (exact) mass is 207 g/mol. The summed E-state index contributed by atoms with van der Waals surface area (Å²) in [4.78, 5) is 0. The van der Waals surface area contributed by atoms with Crippen LogP contribution in [0.15, 0.2) is 18.2 Å². The molecule has 3 saturated carbocycles. The van der Waals surface area contributed by atoms with Gasteiger partial charge in [0.15, 0.2) is 0 Å². The van der Waals surface area contributed by atoms with Gasteiger partial charge >= 0.3 is 0 Å². The molecule has 3 aliphatic rings. The van der Waals surface area contributed by atoms with Gasteiger partial charge in [-0.25, -0.2) is 4.39 Å². The summed E-state index contributed by atoms with van der Waals surface area (Å²) in [6, 6.07) is 5.12. The normalized spacial score (nSPS) is 36.7. The quantitative estimate of drug-likeness (QED) is 0.804. The minimum atomic E-state index is -0.156. The minimum absolute atomic E-state index is 0.0202. The van der Waals surface area contributed by atoms with Gasteiger partial charge in [0.05, 0.1) is 7.11 Å². The molecule has 3 aliphatic carbocycles. The van der Waals surface area contributed by atoms with Crippen LogP contribution in [0.5, 0.6) is 5.75 Å². The van der Waals surface area contributed by atoms with Crippen molar-refractivity contribution in [1.82, 2.24) is 0 Å². The average Bonchev–Trinajstić information content (AvgIpc) is 2.12. The SMILES string of the molecule is COc1ccc(C23CC(N)(C2)C3)c(F)c1. The van der Waals surface area contributed by atoms with Gasteiger partial charge in [0.2, 0.25) is 0 Å². The Morgan fingerprint density at radius 1 is 1.33 bits per heavy atom. The molecule has 0 atom stereocenters. The lowest BCUT2D eigenvalue weighted by molar-refractivity contribution is -0.0612. The Balaban J connectivity index is 1.94. The summed E-state index contributed by atoms with van der Waals surface area (Å²) in [5, 5.41) is 0. The molecular formula is C12H14FNO. The molecule has 3 fully saturated rings. The lowest BCUT2D eigenvalue weighted by atomic mass is 9.38. The maximum absolute atomic E-state index is 13.8. The third kappa shape index (κ3) is 1.07. The predicted molar refractivity (Wildman–Crippen MR) is 55.4 cm³/mol. The molecule has 0 amide bonds. The Labute approximate surface area is 88.2 Å². The zero-order chi connectivity index (χ0) is 10.7. The van der Waals surface area contributed by atoms with E-state index in [4.69, 9.17) is 10.5 Å². The lowest BCUT2D eigenvalue weighted by Crippen LogP contribution is -2.74. The van der Waals surface area contributed by atoms with Gasteiger partial charge in [0, 0.05) is 17.0 Å². The Morgan fingerprint density at radius 3 is 2.47 bits per heavy atom. The van der Waals surface area contributed by atoms with E-state index in [1.54, 1.807) is 7.11 Å². The van der Waals surface area contributed by atoms with E-state index in [0.717, 1.165) is 24.8 Å². The van der Waals surface area contributed by atoms with Crippen LogP contribution >= 0.6 is 0 Å². The van der Waals surface area contributed by atoms with Crippen LogP contribution in [0, 0.1) is 5.82 Å². The molecule has 4 rings (SSSR count). The summed E-state index contributed by atoms with van der Waals surface area (Å²) in [5.74, 6) is 0.418. The minimum Gasteiger partial charge on any atom is -0.497 e. The van der Waals surface area contributed by atoms with E-state index >= 15 is 0 Å². The van der Waals surface area contributed by atoms with Crippen molar-refractivity contribution in [2.24, 2.45) is 5.73 Å². The van der Waals surface area contributed by atoms with E-state index in [9.17, 15) is 4.39 Å². The van der Waals surface area contributed by atoms with Crippen molar-refractivity contribution in [1.29, 1.82) is 0 Å². The molecule has 0 aliphatic heterocycles. The van der Waals surface area contributed by atoms with Crippen molar-refractivity contribution in [2.75, 3.05) is 7.11 Å². The second kappa shape index (κ2) is 2.53.